The molecule has 0 spiro atoms. The zero-order chi connectivity index (χ0) is 13.2. The van der Waals surface area contributed by atoms with Crippen molar-refractivity contribution in [3.05, 3.63) is 34.3 Å². The monoisotopic (exact) mass is 297 g/mol. The van der Waals surface area contributed by atoms with Crippen LogP contribution in [0.25, 0.3) is 0 Å². The SMILES string of the molecule is CC(Oc1ccc2c(c1)OCO2)c1nc(CCl)cs1. The maximum absolute atomic E-state index is 5.85. The number of benzene rings is 1. The lowest BCUT2D eigenvalue weighted by Crippen LogP contribution is -2.02. The molecule has 0 amide bonds. The lowest BCUT2D eigenvalue weighted by atomic mass is 10.3. The van der Waals surface area contributed by atoms with Gasteiger partial charge in [-0.25, -0.2) is 4.98 Å². The summed E-state index contributed by atoms with van der Waals surface area (Å²) in [5.41, 5.74) is 0.878. The molecule has 2 heterocycles. The van der Waals surface area contributed by atoms with Crippen LogP contribution in [-0.4, -0.2) is 11.8 Å². The van der Waals surface area contributed by atoms with Gasteiger partial charge in [0.05, 0.1) is 11.6 Å². The summed E-state index contributed by atoms with van der Waals surface area (Å²) in [5, 5.41) is 2.86. The maximum Gasteiger partial charge on any atom is 0.231 e. The van der Waals surface area contributed by atoms with Crippen LogP contribution < -0.4 is 14.2 Å². The standard InChI is InChI=1S/C13H12ClNO3S/c1-8(13-15-9(5-14)6-19-13)18-10-2-3-11-12(4-10)17-7-16-11/h2-4,6,8H,5,7H2,1H3. The fraction of sp³-hybridized carbons (Fsp3) is 0.308. The third-order valence-electron chi connectivity index (χ3n) is 2.71. The van der Waals surface area contributed by atoms with Gasteiger partial charge < -0.3 is 14.2 Å². The van der Waals surface area contributed by atoms with E-state index in [1.54, 1.807) is 11.3 Å². The van der Waals surface area contributed by atoms with Gasteiger partial charge in [-0.05, 0) is 19.1 Å². The highest BCUT2D eigenvalue weighted by molar-refractivity contribution is 7.09. The van der Waals surface area contributed by atoms with Crippen molar-refractivity contribution in [3.8, 4) is 17.2 Å². The summed E-state index contributed by atoms with van der Waals surface area (Å²) in [5.74, 6) is 2.62. The molecular formula is C13H12ClNO3S. The number of hydrogen-bond acceptors (Lipinski definition) is 5. The number of alkyl halides is 1. The van der Waals surface area contributed by atoms with Gasteiger partial charge in [0, 0.05) is 11.4 Å². The first-order valence-corrected chi connectivity index (χ1v) is 7.24. The Morgan fingerprint density at radius 3 is 3.05 bits per heavy atom. The molecule has 4 nitrogen and oxygen atoms in total. The van der Waals surface area contributed by atoms with Crippen molar-refractivity contribution in [2.75, 3.05) is 6.79 Å². The number of halogens is 1. The number of nitrogens with zero attached hydrogens (tertiary/aromatic N) is 1. The molecule has 0 saturated carbocycles. The van der Waals surface area contributed by atoms with Crippen LogP contribution >= 0.6 is 22.9 Å². The quantitative estimate of drug-likeness (QED) is 0.806. The normalized spacial score (nSPS) is 14.4. The molecule has 1 aliphatic heterocycles. The topological polar surface area (TPSA) is 40.6 Å². The summed E-state index contributed by atoms with van der Waals surface area (Å²) in [7, 11) is 0. The lowest BCUT2D eigenvalue weighted by molar-refractivity contribution is 0.173. The molecule has 1 atom stereocenters. The molecule has 0 bridgehead atoms. The van der Waals surface area contributed by atoms with E-state index >= 15 is 0 Å². The number of aromatic nitrogens is 1. The van der Waals surface area contributed by atoms with Gasteiger partial charge in [-0.2, -0.15) is 0 Å². The molecule has 0 N–H and O–H groups in total. The summed E-state index contributed by atoms with van der Waals surface area (Å²) < 4.78 is 16.4. The van der Waals surface area contributed by atoms with E-state index in [0.29, 0.717) is 11.6 Å². The lowest BCUT2D eigenvalue weighted by Gasteiger charge is -2.12. The van der Waals surface area contributed by atoms with E-state index in [0.717, 1.165) is 22.2 Å². The fourth-order valence-corrected chi connectivity index (χ4v) is 2.81. The van der Waals surface area contributed by atoms with Gasteiger partial charge in [-0.15, -0.1) is 22.9 Å². The van der Waals surface area contributed by atoms with Crippen LogP contribution in [0.3, 0.4) is 0 Å². The first-order chi connectivity index (χ1) is 9.26. The summed E-state index contributed by atoms with van der Waals surface area (Å²) >= 11 is 7.29. The third kappa shape index (κ3) is 2.62. The molecule has 19 heavy (non-hydrogen) atoms. The Balaban J connectivity index is 1.73. The molecule has 6 heteroatoms. The third-order valence-corrected chi connectivity index (χ3v) is 4.04. The Kier molecular flexibility index (Phi) is 3.48. The van der Waals surface area contributed by atoms with E-state index in [1.807, 2.05) is 30.5 Å². The van der Waals surface area contributed by atoms with Crippen LogP contribution in [0.2, 0.25) is 0 Å². The summed E-state index contributed by atoms with van der Waals surface area (Å²) in [6.07, 6.45) is -0.123. The molecule has 100 valence electrons. The minimum absolute atomic E-state index is 0.123. The van der Waals surface area contributed by atoms with E-state index in [1.165, 1.54) is 0 Å². The highest BCUT2D eigenvalue weighted by atomic mass is 35.5. The van der Waals surface area contributed by atoms with Gasteiger partial charge in [0.15, 0.2) is 11.5 Å². The van der Waals surface area contributed by atoms with Crippen molar-refractivity contribution < 1.29 is 14.2 Å². The van der Waals surface area contributed by atoms with Crippen LogP contribution in [0.1, 0.15) is 23.7 Å². The van der Waals surface area contributed by atoms with Crippen LogP contribution in [0.5, 0.6) is 17.2 Å². The smallest absolute Gasteiger partial charge is 0.231 e. The molecule has 1 aromatic carbocycles. The van der Waals surface area contributed by atoms with Crippen LogP contribution in [0.15, 0.2) is 23.6 Å². The van der Waals surface area contributed by atoms with E-state index in [4.69, 9.17) is 25.8 Å². The zero-order valence-electron chi connectivity index (χ0n) is 10.3. The second-order valence-corrected chi connectivity index (χ2v) is 5.24. The van der Waals surface area contributed by atoms with E-state index in [2.05, 4.69) is 4.98 Å². The van der Waals surface area contributed by atoms with Crippen molar-refractivity contribution in [1.29, 1.82) is 0 Å². The van der Waals surface area contributed by atoms with Crippen molar-refractivity contribution in [2.24, 2.45) is 0 Å². The molecule has 3 rings (SSSR count). The first kappa shape index (κ1) is 12.6. The Morgan fingerprint density at radius 2 is 2.26 bits per heavy atom. The predicted molar refractivity (Wildman–Crippen MR) is 73.3 cm³/mol. The molecule has 0 saturated heterocycles. The number of fused-ring (bicyclic) bond motifs is 1. The van der Waals surface area contributed by atoms with E-state index in [-0.39, 0.29) is 12.9 Å². The Bertz CT molecular complexity index is 587. The van der Waals surface area contributed by atoms with Gasteiger partial charge >= 0.3 is 0 Å². The number of ether oxygens (including phenoxy) is 3. The Hall–Kier alpha value is -1.46. The van der Waals surface area contributed by atoms with Crippen LogP contribution in [0.4, 0.5) is 0 Å². The highest BCUT2D eigenvalue weighted by Gasteiger charge is 2.16. The molecule has 2 aromatic rings. The van der Waals surface area contributed by atoms with Gasteiger partial charge in [-0.1, -0.05) is 0 Å². The average Bonchev–Trinajstić information content (AvgIpc) is 3.06. The minimum Gasteiger partial charge on any atom is -0.483 e. The largest absolute Gasteiger partial charge is 0.483 e. The average molecular weight is 298 g/mol. The summed E-state index contributed by atoms with van der Waals surface area (Å²) in [4.78, 5) is 4.40. The Labute approximate surface area is 119 Å². The number of thiazole rings is 1. The fourth-order valence-electron chi connectivity index (χ4n) is 1.78. The molecule has 1 aliphatic rings. The van der Waals surface area contributed by atoms with Gasteiger partial charge in [0.25, 0.3) is 0 Å². The van der Waals surface area contributed by atoms with Crippen molar-refractivity contribution in [3.63, 3.8) is 0 Å². The van der Waals surface area contributed by atoms with E-state index < -0.39 is 0 Å². The van der Waals surface area contributed by atoms with E-state index in [9.17, 15) is 0 Å². The molecule has 0 radical (unpaired) electrons. The molecule has 1 unspecified atom stereocenters. The second kappa shape index (κ2) is 5.27. The zero-order valence-corrected chi connectivity index (χ0v) is 11.8. The minimum atomic E-state index is -0.123. The number of hydrogen-bond donors (Lipinski definition) is 0. The van der Waals surface area contributed by atoms with Crippen LogP contribution in [0, 0.1) is 0 Å². The van der Waals surface area contributed by atoms with Gasteiger partial charge in [0.1, 0.15) is 16.9 Å². The second-order valence-electron chi connectivity index (χ2n) is 4.09. The van der Waals surface area contributed by atoms with Gasteiger partial charge in [-0.3, -0.25) is 0 Å². The molecule has 0 aliphatic carbocycles. The molecule has 0 fully saturated rings. The predicted octanol–water partition coefficient (Wildman–Crippen LogP) is 3.75. The molecule has 1 aromatic heterocycles. The summed E-state index contributed by atoms with van der Waals surface area (Å²) in [6.45, 7) is 2.22. The van der Waals surface area contributed by atoms with Gasteiger partial charge in [0.2, 0.25) is 6.79 Å². The molecular weight excluding hydrogens is 286 g/mol. The van der Waals surface area contributed by atoms with Crippen LogP contribution in [-0.2, 0) is 5.88 Å². The highest BCUT2D eigenvalue weighted by Crippen LogP contribution is 2.36. The van der Waals surface area contributed by atoms with Crippen molar-refractivity contribution >= 4 is 22.9 Å². The summed E-state index contributed by atoms with van der Waals surface area (Å²) in [6, 6.07) is 5.53. The maximum atomic E-state index is 5.85. The van der Waals surface area contributed by atoms with Crippen molar-refractivity contribution in [1.82, 2.24) is 4.98 Å². The van der Waals surface area contributed by atoms with Crippen molar-refractivity contribution in [2.45, 2.75) is 18.9 Å². The Morgan fingerprint density at radius 1 is 1.42 bits per heavy atom. The number of rotatable bonds is 4. The first-order valence-electron chi connectivity index (χ1n) is 5.83.